The summed E-state index contributed by atoms with van der Waals surface area (Å²) in [5.74, 6) is -0.329. The molecule has 5 nitrogen and oxygen atoms in total. The third-order valence-electron chi connectivity index (χ3n) is 2.08. The minimum Gasteiger partial charge on any atom is -0.389 e. The Kier molecular flexibility index (Phi) is 3.85. The van der Waals surface area contributed by atoms with E-state index in [1.165, 1.54) is 6.20 Å². The molecule has 1 aromatic heterocycles. The summed E-state index contributed by atoms with van der Waals surface area (Å²) in [6.07, 6.45) is 1.38. The molecule has 0 bridgehead atoms. The molecule has 0 spiro atoms. The van der Waals surface area contributed by atoms with Gasteiger partial charge >= 0.3 is 0 Å². The average Bonchev–Trinajstić information content (AvgIpc) is 2.81. The van der Waals surface area contributed by atoms with Gasteiger partial charge in [0.05, 0.1) is 11.9 Å². The molecule has 8 heteroatoms. The van der Waals surface area contributed by atoms with Crippen LogP contribution in [-0.2, 0) is 0 Å². The van der Waals surface area contributed by atoms with Crippen LogP contribution < -0.4 is 11.1 Å². The van der Waals surface area contributed by atoms with Crippen LogP contribution in [0.1, 0.15) is 15.2 Å². The quantitative estimate of drug-likeness (QED) is 0.848. The number of aromatic nitrogens is 2. The number of carbonyl (C=O) groups excluding carboxylic acids is 1. The van der Waals surface area contributed by atoms with Crippen molar-refractivity contribution >= 4 is 51.9 Å². The van der Waals surface area contributed by atoms with E-state index in [-0.39, 0.29) is 10.9 Å². The fourth-order valence-corrected chi connectivity index (χ4v) is 2.05. The van der Waals surface area contributed by atoms with Gasteiger partial charge in [-0.05, 0) is 29.7 Å². The zero-order valence-corrected chi connectivity index (χ0v) is 11.3. The minimum absolute atomic E-state index is 0.185. The molecule has 0 fully saturated rings. The van der Waals surface area contributed by atoms with Crippen molar-refractivity contribution < 1.29 is 4.79 Å². The molecule has 0 atom stereocenters. The lowest BCUT2D eigenvalue weighted by atomic mass is 10.1. The maximum Gasteiger partial charge on any atom is 0.269 e. The van der Waals surface area contributed by atoms with E-state index >= 15 is 0 Å². The number of benzene rings is 1. The average molecular weight is 299 g/mol. The van der Waals surface area contributed by atoms with Crippen LogP contribution >= 0.6 is 35.4 Å². The van der Waals surface area contributed by atoms with Crippen molar-refractivity contribution in [2.45, 2.75) is 0 Å². The van der Waals surface area contributed by atoms with Gasteiger partial charge in [-0.3, -0.25) is 4.79 Å². The highest BCUT2D eigenvalue weighted by atomic mass is 35.5. The van der Waals surface area contributed by atoms with Crippen molar-refractivity contribution in [1.82, 2.24) is 9.59 Å². The second-order valence-corrected chi connectivity index (χ2v) is 4.95. The minimum atomic E-state index is -0.329. The Bertz CT molecular complexity index is 600. The highest BCUT2D eigenvalue weighted by Gasteiger charge is 2.12. The number of carbonyl (C=O) groups is 1. The lowest BCUT2D eigenvalue weighted by Crippen LogP contribution is -2.17. The molecule has 1 amide bonds. The summed E-state index contributed by atoms with van der Waals surface area (Å²) in [5, 5.41) is 6.75. The molecule has 0 aliphatic rings. The Balaban J connectivity index is 2.31. The van der Waals surface area contributed by atoms with Crippen molar-refractivity contribution in [3.05, 3.63) is 39.9 Å². The van der Waals surface area contributed by atoms with E-state index < -0.39 is 0 Å². The molecule has 0 radical (unpaired) electrons. The van der Waals surface area contributed by atoms with Crippen LogP contribution in [0, 0.1) is 0 Å². The van der Waals surface area contributed by atoms with Gasteiger partial charge < -0.3 is 11.1 Å². The number of thiocarbonyl (C=S) groups is 1. The summed E-state index contributed by atoms with van der Waals surface area (Å²) in [6, 6.07) is 4.90. The maximum atomic E-state index is 11.9. The van der Waals surface area contributed by atoms with E-state index in [1.54, 1.807) is 18.2 Å². The summed E-state index contributed by atoms with van der Waals surface area (Å²) in [6.45, 7) is 0. The smallest absolute Gasteiger partial charge is 0.269 e. The van der Waals surface area contributed by atoms with E-state index in [4.69, 9.17) is 29.6 Å². The van der Waals surface area contributed by atoms with Crippen LogP contribution in [-0.4, -0.2) is 20.5 Å². The van der Waals surface area contributed by atoms with Crippen LogP contribution in [0.25, 0.3) is 0 Å². The first-order valence-corrected chi connectivity index (χ1v) is 6.32. The summed E-state index contributed by atoms with van der Waals surface area (Å²) in [4.78, 5) is 12.4. The van der Waals surface area contributed by atoms with Crippen molar-refractivity contribution in [3.63, 3.8) is 0 Å². The number of hydrogen-bond donors (Lipinski definition) is 2. The lowest BCUT2D eigenvalue weighted by Gasteiger charge is -2.09. The number of anilines is 1. The first-order valence-electron chi connectivity index (χ1n) is 4.76. The van der Waals surface area contributed by atoms with E-state index in [9.17, 15) is 4.79 Å². The molecule has 2 aromatic rings. The van der Waals surface area contributed by atoms with Crippen molar-refractivity contribution in [3.8, 4) is 0 Å². The van der Waals surface area contributed by atoms with Gasteiger partial charge in [0.25, 0.3) is 5.91 Å². The predicted octanol–water partition coefficient (Wildman–Crippen LogP) is 2.08. The van der Waals surface area contributed by atoms with E-state index in [0.717, 1.165) is 11.5 Å². The number of nitrogens with zero attached hydrogens (tertiary/aromatic N) is 2. The van der Waals surface area contributed by atoms with Gasteiger partial charge in [-0.15, -0.1) is 5.10 Å². The van der Waals surface area contributed by atoms with Gasteiger partial charge in [-0.2, -0.15) is 0 Å². The van der Waals surface area contributed by atoms with E-state index in [1.807, 2.05) is 0 Å². The third-order valence-corrected chi connectivity index (χ3v) is 3.20. The Hall–Kier alpha value is -1.57. The molecule has 18 heavy (non-hydrogen) atoms. The van der Waals surface area contributed by atoms with Crippen LogP contribution in [0.5, 0.6) is 0 Å². The zero-order valence-electron chi connectivity index (χ0n) is 8.88. The first-order chi connectivity index (χ1) is 8.58. The van der Waals surface area contributed by atoms with Crippen LogP contribution in [0.3, 0.4) is 0 Å². The second kappa shape index (κ2) is 5.38. The van der Waals surface area contributed by atoms with Gasteiger partial charge in [0.2, 0.25) is 0 Å². The number of halogens is 1. The Morgan fingerprint density at radius 2 is 2.28 bits per heavy atom. The molecule has 0 aliphatic carbocycles. The van der Waals surface area contributed by atoms with Crippen LogP contribution in [0.2, 0.25) is 5.02 Å². The third kappa shape index (κ3) is 2.81. The molecule has 0 aliphatic heterocycles. The molecule has 0 saturated carbocycles. The number of nitrogens with one attached hydrogen (secondary N) is 1. The fourth-order valence-electron chi connectivity index (χ4n) is 1.29. The molecule has 0 unspecified atom stereocenters. The number of hydrogen-bond acceptors (Lipinski definition) is 5. The van der Waals surface area contributed by atoms with Crippen LogP contribution in [0.4, 0.5) is 5.69 Å². The topological polar surface area (TPSA) is 80.9 Å². The molecular formula is C10H7ClN4OS2. The molecule has 1 heterocycles. The van der Waals surface area contributed by atoms with Crippen molar-refractivity contribution in [1.29, 1.82) is 0 Å². The fraction of sp³-hybridized carbons (Fsp3) is 0. The second-order valence-electron chi connectivity index (χ2n) is 3.29. The first kappa shape index (κ1) is 12.9. The number of rotatable bonds is 3. The molecular weight excluding hydrogens is 292 g/mol. The highest BCUT2D eigenvalue weighted by molar-refractivity contribution is 7.80. The summed E-state index contributed by atoms with van der Waals surface area (Å²) in [7, 11) is 0. The number of nitrogens with two attached hydrogens (primary N) is 1. The Labute approximate surface area is 117 Å². The lowest BCUT2D eigenvalue weighted by molar-refractivity contribution is 0.103. The van der Waals surface area contributed by atoms with E-state index in [0.29, 0.717) is 21.2 Å². The number of amides is 1. The Morgan fingerprint density at radius 3 is 2.89 bits per heavy atom. The standard InChI is InChI=1S/C10H7ClN4OS2/c11-5-1-2-6(9(12)17)7(3-5)14-10(16)8-4-13-15-18-8/h1-4H,(H2,12,17)(H,14,16). The van der Waals surface area contributed by atoms with E-state index in [2.05, 4.69) is 14.9 Å². The van der Waals surface area contributed by atoms with Crippen molar-refractivity contribution in [2.24, 2.45) is 5.73 Å². The van der Waals surface area contributed by atoms with Gasteiger partial charge in [-0.1, -0.05) is 28.3 Å². The van der Waals surface area contributed by atoms with Gasteiger partial charge in [0.1, 0.15) is 9.87 Å². The molecule has 3 N–H and O–H groups in total. The molecule has 1 aromatic carbocycles. The molecule has 0 saturated heterocycles. The molecule has 2 rings (SSSR count). The largest absolute Gasteiger partial charge is 0.389 e. The normalized spacial score (nSPS) is 10.1. The monoisotopic (exact) mass is 298 g/mol. The predicted molar refractivity (Wildman–Crippen MR) is 75.2 cm³/mol. The highest BCUT2D eigenvalue weighted by Crippen LogP contribution is 2.22. The SMILES string of the molecule is NC(=S)c1ccc(Cl)cc1NC(=O)c1cnns1. The van der Waals surface area contributed by atoms with Gasteiger partial charge in [-0.25, -0.2) is 0 Å². The van der Waals surface area contributed by atoms with Crippen LogP contribution in [0.15, 0.2) is 24.4 Å². The van der Waals surface area contributed by atoms with Crippen molar-refractivity contribution in [2.75, 3.05) is 5.32 Å². The Morgan fingerprint density at radius 1 is 1.50 bits per heavy atom. The molecule has 92 valence electrons. The van der Waals surface area contributed by atoms with Gasteiger partial charge in [0.15, 0.2) is 0 Å². The maximum absolute atomic E-state index is 11.9. The summed E-state index contributed by atoms with van der Waals surface area (Å²) >= 11 is 11.8. The summed E-state index contributed by atoms with van der Waals surface area (Å²) in [5.41, 5.74) is 6.60. The van der Waals surface area contributed by atoms with Gasteiger partial charge in [0, 0.05) is 10.6 Å². The summed E-state index contributed by atoms with van der Waals surface area (Å²) < 4.78 is 3.61. The zero-order chi connectivity index (χ0) is 13.1.